The number of carbonyl (C=O) groups is 2. The lowest BCUT2D eigenvalue weighted by molar-refractivity contribution is -0.143. The quantitative estimate of drug-likeness (QED) is 0.848. The summed E-state index contributed by atoms with van der Waals surface area (Å²) >= 11 is 0. The predicted octanol–water partition coefficient (Wildman–Crippen LogP) is 0.972. The Morgan fingerprint density at radius 3 is 2.78 bits per heavy atom. The van der Waals surface area contributed by atoms with Crippen LogP contribution in [0.25, 0.3) is 10.9 Å². The van der Waals surface area contributed by atoms with Crippen LogP contribution >= 0.6 is 0 Å². The first-order valence-corrected chi connectivity index (χ1v) is 7.09. The maximum Gasteiger partial charge on any atom is 0.359 e. The number of hydrogen-bond donors (Lipinski definition) is 1. The Kier molecular flexibility index (Phi) is 3.79. The summed E-state index contributed by atoms with van der Waals surface area (Å²) in [5.41, 5.74) is 7.12. The average Bonchev–Trinajstić information content (AvgIpc) is 2.79. The highest BCUT2D eigenvalue weighted by atomic mass is 16.7. The first-order valence-electron chi connectivity index (χ1n) is 7.09. The Balaban J connectivity index is 2.28. The number of ether oxygens (including phenoxy) is 2. The van der Waals surface area contributed by atoms with Gasteiger partial charge in [-0.3, -0.25) is 0 Å². The number of hydrogen-bond acceptors (Lipinski definition) is 6. The molecule has 3 rings (SSSR count). The van der Waals surface area contributed by atoms with Crippen LogP contribution in [0.2, 0.25) is 0 Å². The van der Waals surface area contributed by atoms with Gasteiger partial charge in [-0.25, -0.2) is 9.59 Å². The molecule has 0 spiro atoms. The number of nitrogens with two attached hydrogens (primary N) is 1. The highest BCUT2D eigenvalue weighted by Crippen LogP contribution is 2.35. The zero-order valence-electron chi connectivity index (χ0n) is 12.8. The van der Waals surface area contributed by atoms with Gasteiger partial charge in [0.15, 0.2) is 0 Å². The summed E-state index contributed by atoms with van der Waals surface area (Å²) in [5, 5.41) is 0.755. The Hall–Kier alpha value is -2.80. The van der Waals surface area contributed by atoms with Crippen molar-refractivity contribution in [3.8, 4) is 11.6 Å². The molecule has 0 saturated heterocycles. The zero-order chi connectivity index (χ0) is 16.6. The molecular weight excluding hydrogens is 300 g/mol. The summed E-state index contributed by atoms with van der Waals surface area (Å²) in [5.74, 6) is -0.439. The molecule has 0 bridgehead atoms. The molecule has 0 amide bonds. The van der Waals surface area contributed by atoms with Crippen LogP contribution in [-0.2, 0) is 16.0 Å². The van der Waals surface area contributed by atoms with Crippen molar-refractivity contribution in [2.75, 3.05) is 13.7 Å². The van der Waals surface area contributed by atoms with E-state index in [1.807, 2.05) is 0 Å². The van der Waals surface area contributed by atoms with Crippen molar-refractivity contribution in [1.29, 1.82) is 0 Å². The van der Waals surface area contributed by atoms with E-state index in [1.165, 1.54) is 11.7 Å². The van der Waals surface area contributed by atoms with Gasteiger partial charge >= 0.3 is 11.9 Å². The molecule has 1 aliphatic rings. The lowest BCUT2D eigenvalue weighted by Crippen LogP contribution is -2.26. The third-order valence-electron chi connectivity index (χ3n) is 3.61. The summed E-state index contributed by atoms with van der Waals surface area (Å²) in [4.78, 5) is 29.3. The maximum atomic E-state index is 12.0. The number of aromatic nitrogens is 1. The molecule has 0 saturated carbocycles. The molecule has 0 unspecified atom stereocenters. The first kappa shape index (κ1) is 15.1. The third-order valence-corrected chi connectivity index (χ3v) is 3.61. The molecule has 1 aliphatic heterocycles. The van der Waals surface area contributed by atoms with Crippen LogP contribution in [0.4, 0.5) is 0 Å². The molecule has 7 heteroatoms. The Bertz CT molecular complexity index is 835. The number of rotatable bonds is 3. The largest absolute Gasteiger partial charge is 0.497 e. The minimum atomic E-state index is -0.631. The van der Waals surface area contributed by atoms with Crippen LogP contribution in [-0.4, -0.2) is 30.3 Å². The highest BCUT2D eigenvalue weighted by Gasteiger charge is 2.26. The van der Waals surface area contributed by atoms with Gasteiger partial charge in [-0.05, 0) is 38.1 Å². The fraction of sp³-hybridized carbons (Fsp3) is 0.250. The fourth-order valence-electron chi connectivity index (χ4n) is 2.50. The van der Waals surface area contributed by atoms with Crippen LogP contribution in [0.15, 0.2) is 29.8 Å². The molecule has 0 atom stereocenters. The normalized spacial score (nSPS) is 16.7. The number of fused-ring (bicyclic) bond motifs is 3. The van der Waals surface area contributed by atoms with Gasteiger partial charge in [0.25, 0.3) is 0 Å². The van der Waals surface area contributed by atoms with Crippen LogP contribution in [0.5, 0.6) is 11.6 Å². The lowest BCUT2D eigenvalue weighted by atomic mass is 10.1. The van der Waals surface area contributed by atoms with Gasteiger partial charge in [0, 0.05) is 22.6 Å². The Labute approximate surface area is 132 Å². The van der Waals surface area contributed by atoms with E-state index in [4.69, 9.17) is 20.0 Å². The second kappa shape index (κ2) is 5.77. The molecule has 1 aromatic heterocycles. The zero-order valence-corrected chi connectivity index (χ0v) is 12.8. The van der Waals surface area contributed by atoms with E-state index in [2.05, 4.69) is 0 Å². The van der Waals surface area contributed by atoms with Gasteiger partial charge in [-0.15, -0.1) is 4.73 Å². The molecule has 0 aliphatic carbocycles. The molecule has 7 nitrogen and oxygen atoms in total. The number of carbonyl (C=O) groups excluding carboxylic acids is 2. The molecule has 0 radical (unpaired) electrons. The van der Waals surface area contributed by atoms with E-state index in [9.17, 15) is 9.59 Å². The SMILES string of the molecule is COc1ccc2c(c1)c(CCN)c1n2OC(=O)/C(C)=C/C(=O)O1. The highest BCUT2D eigenvalue weighted by molar-refractivity contribution is 5.99. The van der Waals surface area contributed by atoms with Crippen LogP contribution < -0.4 is 20.0 Å². The Morgan fingerprint density at radius 1 is 1.30 bits per heavy atom. The summed E-state index contributed by atoms with van der Waals surface area (Å²) < 4.78 is 11.8. The van der Waals surface area contributed by atoms with Gasteiger partial charge in [0.1, 0.15) is 5.75 Å². The van der Waals surface area contributed by atoms with Crippen LogP contribution in [0.1, 0.15) is 12.5 Å². The predicted molar refractivity (Wildman–Crippen MR) is 82.2 cm³/mol. The van der Waals surface area contributed by atoms with Crippen molar-refractivity contribution in [2.45, 2.75) is 13.3 Å². The van der Waals surface area contributed by atoms with Gasteiger partial charge < -0.3 is 20.0 Å². The summed E-state index contributed by atoms with van der Waals surface area (Å²) in [6.45, 7) is 1.84. The topological polar surface area (TPSA) is 92.8 Å². The first-order chi connectivity index (χ1) is 11.0. The van der Waals surface area contributed by atoms with E-state index in [1.54, 1.807) is 25.3 Å². The van der Waals surface area contributed by atoms with Crippen molar-refractivity contribution < 1.29 is 23.9 Å². The summed E-state index contributed by atoms with van der Waals surface area (Å²) in [7, 11) is 1.56. The molecule has 0 fully saturated rings. The summed E-state index contributed by atoms with van der Waals surface area (Å²) in [6, 6.07) is 5.26. The van der Waals surface area contributed by atoms with E-state index in [0.717, 1.165) is 11.5 Å². The van der Waals surface area contributed by atoms with Gasteiger partial charge in [0.2, 0.25) is 5.88 Å². The smallest absolute Gasteiger partial charge is 0.359 e. The van der Waals surface area contributed by atoms with Crippen molar-refractivity contribution >= 4 is 22.8 Å². The molecule has 2 heterocycles. The second-order valence-electron chi connectivity index (χ2n) is 5.13. The second-order valence-corrected chi connectivity index (χ2v) is 5.13. The number of benzene rings is 1. The molecule has 120 valence electrons. The number of nitrogens with zero attached hydrogens (tertiary/aromatic N) is 1. The monoisotopic (exact) mass is 316 g/mol. The van der Waals surface area contributed by atoms with Gasteiger partial charge in [-0.2, -0.15) is 0 Å². The van der Waals surface area contributed by atoms with Crippen LogP contribution in [0.3, 0.4) is 0 Å². The minimum absolute atomic E-state index is 0.163. The molecular formula is C16H16N2O5. The average molecular weight is 316 g/mol. The molecule has 2 N–H and O–H groups in total. The molecule has 23 heavy (non-hydrogen) atoms. The van der Waals surface area contributed by atoms with Crippen molar-refractivity contribution in [1.82, 2.24) is 4.73 Å². The lowest BCUT2D eigenvalue weighted by Gasteiger charge is -2.13. The van der Waals surface area contributed by atoms with Crippen molar-refractivity contribution in [3.63, 3.8) is 0 Å². The van der Waals surface area contributed by atoms with E-state index >= 15 is 0 Å². The van der Waals surface area contributed by atoms with E-state index < -0.39 is 11.9 Å². The van der Waals surface area contributed by atoms with Crippen molar-refractivity contribution in [2.24, 2.45) is 5.73 Å². The van der Waals surface area contributed by atoms with E-state index in [0.29, 0.717) is 29.8 Å². The van der Waals surface area contributed by atoms with Crippen LogP contribution in [0, 0.1) is 0 Å². The third kappa shape index (κ3) is 2.55. The standard InChI is InChI=1S/C16H16N2O5/c1-9-7-14(19)22-15-11(5-6-17)12-8-10(21-2)3-4-13(12)18(15)23-16(9)20/h3-4,7-8H,5-6,17H2,1-2H3/b9-7+. The van der Waals surface area contributed by atoms with Gasteiger partial charge in [-0.1, -0.05) is 0 Å². The number of esters is 1. The minimum Gasteiger partial charge on any atom is -0.497 e. The van der Waals surface area contributed by atoms with Gasteiger partial charge in [0.05, 0.1) is 12.6 Å². The molecule has 1 aromatic carbocycles. The fourth-order valence-corrected chi connectivity index (χ4v) is 2.50. The van der Waals surface area contributed by atoms with Crippen molar-refractivity contribution in [3.05, 3.63) is 35.4 Å². The maximum absolute atomic E-state index is 12.0. The summed E-state index contributed by atoms with van der Waals surface area (Å²) in [6.07, 6.45) is 1.57. The number of methoxy groups -OCH3 is 1. The van der Waals surface area contributed by atoms with E-state index in [-0.39, 0.29) is 11.5 Å². The molecule has 2 aromatic rings. The Morgan fingerprint density at radius 2 is 2.09 bits per heavy atom.